The van der Waals surface area contributed by atoms with Gasteiger partial charge in [-0.2, -0.15) is 0 Å². The van der Waals surface area contributed by atoms with Gasteiger partial charge in [0.1, 0.15) is 0 Å². The van der Waals surface area contributed by atoms with E-state index in [0.717, 1.165) is 35.1 Å². The van der Waals surface area contributed by atoms with E-state index in [9.17, 15) is 4.79 Å². The number of nitrogens with zero attached hydrogens (tertiary/aromatic N) is 2. The molecule has 1 aliphatic heterocycles. The van der Waals surface area contributed by atoms with Crippen LogP contribution in [0.3, 0.4) is 0 Å². The van der Waals surface area contributed by atoms with Crippen LogP contribution < -0.4 is 4.90 Å². The summed E-state index contributed by atoms with van der Waals surface area (Å²) >= 11 is 1.52. The van der Waals surface area contributed by atoms with Gasteiger partial charge in [0.15, 0.2) is 11.4 Å². The molecule has 1 aliphatic rings. The van der Waals surface area contributed by atoms with Crippen LogP contribution in [-0.4, -0.2) is 24.4 Å². The van der Waals surface area contributed by atoms with Crippen molar-refractivity contribution in [2.24, 2.45) is 5.41 Å². The number of carbonyl (C=O) groups excluding carboxylic acids is 1. The molecule has 0 saturated carbocycles. The maximum Gasteiger partial charge on any atom is 0.186 e. The molecule has 2 heterocycles. The Labute approximate surface area is 107 Å². The number of aldehydes is 1. The molecule has 0 spiro atoms. The van der Waals surface area contributed by atoms with Crippen LogP contribution in [-0.2, 0) is 0 Å². The van der Waals surface area contributed by atoms with E-state index >= 15 is 0 Å². The molecule has 3 nitrogen and oxygen atoms in total. The third-order valence-corrected chi connectivity index (χ3v) is 5.17. The van der Waals surface area contributed by atoms with Gasteiger partial charge in [-0.1, -0.05) is 31.6 Å². The summed E-state index contributed by atoms with van der Waals surface area (Å²) in [6, 6.07) is 0. The van der Waals surface area contributed by atoms with Gasteiger partial charge in [-0.3, -0.25) is 4.79 Å². The summed E-state index contributed by atoms with van der Waals surface area (Å²) in [6.07, 6.45) is 4.60. The van der Waals surface area contributed by atoms with Crippen molar-refractivity contribution < 1.29 is 4.79 Å². The number of hydrogen-bond donors (Lipinski definition) is 0. The normalized spacial score (nSPS) is 19.4. The minimum absolute atomic E-state index is 0.496. The Morgan fingerprint density at radius 3 is 2.59 bits per heavy atom. The molecular weight excluding hydrogens is 232 g/mol. The second-order valence-electron chi connectivity index (χ2n) is 5.22. The highest BCUT2D eigenvalue weighted by atomic mass is 32.1. The molecule has 0 aliphatic carbocycles. The summed E-state index contributed by atoms with van der Waals surface area (Å²) in [5.41, 5.74) is 1.36. The van der Waals surface area contributed by atoms with Crippen LogP contribution in [0, 0.1) is 12.3 Å². The van der Waals surface area contributed by atoms with Crippen molar-refractivity contribution in [3.05, 3.63) is 10.6 Å². The van der Waals surface area contributed by atoms with Gasteiger partial charge in [-0.15, -0.1) is 0 Å². The number of rotatable bonds is 3. The molecule has 1 fully saturated rings. The van der Waals surface area contributed by atoms with Crippen molar-refractivity contribution in [1.29, 1.82) is 0 Å². The van der Waals surface area contributed by atoms with Crippen molar-refractivity contribution in [2.75, 3.05) is 18.0 Å². The summed E-state index contributed by atoms with van der Waals surface area (Å²) in [5.74, 6) is 0. The van der Waals surface area contributed by atoms with Gasteiger partial charge in [0.25, 0.3) is 0 Å². The van der Waals surface area contributed by atoms with Crippen LogP contribution in [0.15, 0.2) is 0 Å². The van der Waals surface area contributed by atoms with Crippen LogP contribution in [0.1, 0.15) is 48.5 Å². The van der Waals surface area contributed by atoms with E-state index in [1.54, 1.807) is 0 Å². The van der Waals surface area contributed by atoms with Gasteiger partial charge in [0.2, 0.25) is 0 Å². The van der Waals surface area contributed by atoms with Crippen molar-refractivity contribution in [2.45, 2.75) is 40.0 Å². The molecule has 17 heavy (non-hydrogen) atoms. The highest BCUT2D eigenvalue weighted by Crippen LogP contribution is 2.36. The highest BCUT2D eigenvalue weighted by molar-refractivity contribution is 7.17. The number of hydrogen-bond acceptors (Lipinski definition) is 4. The van der Waals surface area contributed by atoms with Crippen LogP contribution in [0.5, 0.6) is 0 Å². The second kappa shape index (κ2) is 4.77. The minimum Gasteiger partial charge on any atom is -0.348 e. The van der Waals surface area contributed by atoms with Crippen LogP contribution in [0.2, 0.25) is 0 Å². The first-order valence-corrected chi connectivity index (χ1v) is 7.07. The van der Waals surface area contributed by atoms with E-state index in [-0.39, 0.29) is 0 Å². The summed E-state index contributed by atoms with van der Waals surface area (Å²) < 4.78 is 0. The fourth-order valence-electron chi connectivity index (χ4n) is 2.23. The van der Waals surface area contributed by atoms with Gasteiger partial charge in [-0.05, 0) is 25.2 Å². The van der Waals surface area contributed by atoms with Crippen LogP contribution >= 0.6 is 11.3 Å². The topological polar surface area (TPSA) is 33.2 Å². The Kier molecular flexibility index (Phi) is 3.52. The zero-order chi connectivity index (χ0) is 12.5. The molecule has 0 N–H and O–H groups in total. The van der Waals surface area contributed by atoms with E-state index in [2.05, 4.69) is 23.7 Å². The SMILES string of the molecule is CCC1(C)CCN(c2nc(C)c(C=O)s2)CC1. The lowest BCUT2D eigenvalue weighted by molar-refractivity contribution is 0.112. The largest absolute Gasteiger partial charge is 0.348 e. The van der Waals surface area contributed by atoms with Crippen molar-refractivity contribution in [3.8, 4) is 0 Å². The summed E-state index contributed by atoms with van der Waals surface area (Å²) in [4.78, 5) is 18.4. The zero-order valence-electron chi connectivity index (χ0n) is 10.8. The number of aromatic nitrogens is 1. The van der Waals surface area contributed by atoms with Crippen molar-refractivity contribution >= 4 is 22.8 Å². The van der Waals surface area contributed by atoms with Gasteiger partial charge in [-0.25, -0.2) is 4.98 Å². The fraction of sp³-hybridized carbons (Fsp3) is 0.692. The van der Waals surface area contributed by atoms with E-state index in [1.165, 1.54) is 30.6 Å². The number of thiazole rings is 1. The van der Waals surface area contributed by atoms with Gasteiger partial charge >= 0.3 is 0 Å². The average molecular weight is 252 g/mol. The molecule has 0 atom stereocenters. The van der Waals surface area contributed by atoms with E-state index < -0.39 is 0 Å². The lowest BCUT2D eigenvalue weighted by Gasteiger charge is -2.38. The predicted molar refractivity (Wildman–Crippen MR) is 72.1 cm³/mol. The summed E-state index contributed by atoms with van der Waals surface area (Å²) in [5, 5.41) is 1.02. The predicted octanol–water partition coefficient (Wildman–Crippen LogP) is 3.28. The summed E-state index contributed by atoms with van der Waals surface area (Å²) in [7, 11) is 0. The number of piperidine rings is 1. The molecule has 1 saturated heterocycles. The van der Waals surface area contributed by atoms with E-state index in [1.807, 2.05) is 6.92 Å². The molecule has 0 bridgehead atoms. The van der Waals surface area contributed by atoms with Crippen molar-refractivity contribution in [3.63, 3.8) is 0 Å². The third-order valence-electron chi connectivity index (χ3n) is 4.02. The molecule has 0 unspecified atom stereocenters. The molecule has 1 aromatic heterocycles. The molecule has 0 amide bonds. The van der Waals surface area contributed by atoms with Gasteiger partial charge in [0.05, 0.1) is 10.6 Å². The molecule has 1 aromatic rings. The standard InChI is InChI=1S/C13H20N2OS/c1-4-13(3)5-7-15(8-6-13)12-14-10(2)11(9-16)17-12/h9H,4-8H2,1-3H3. The van der Waals surface area contributed by atoms with Crippen LogP contribution in [0.25, 0.3) is 0 Å². The van der Waals surface area contributed by atoms with Crippen molar-refractivity contribution in [1.82, 2.24) is 4.98 Å². The number of anilines is 1. The molecule has 2 rings (SSSR count). The monoisotopic (exact) mass is 252 g/mol. The first kappa shape index (κ1) is 12.6. The third kappa shape index (κ3) is 2.51. The quantitative estimate of drug-likeness (QED) is 0.774. The highest BCUT2D eigenvalue weighted by Gasteiger charge is 2.29. The second-order valence-corrected chi connectivity index (χ2v) is 6.22. The first-order chi connectivity index (χ1) is 8.08. The Morgan fingerprint density at radius 1 is 1.47 bits per heavy atom. The molecule has 0 aromatic carbocycles. The minimum atomic E-state index is 0.496. The van der Waals surface area contributed by atoms with E-state index in [4.69, 9.17) is 0 Å². The van der Waals surface area contributed by atoms with Gasteiger partial charge in [0, 0.05) is 13.1 Å². The maximum atomic E-state index is 10.8. The van der Waals surface area contributed by atoms with Gasteiger partial charge < -0.3 is 4.90 Å². The number of carbonyl (C=O) groups is 1. The average Bonchev–Trinajstić information content (AvgIpc) is 2.71. The van der Waals surface area contributed by atoms with E-state index in [0.29, 0.717) is 5.41 Å². The molecular formula is C13H20N2OS. The lowest BCUT2D eigenvalue weighted by atomic mass is 9.78. The number of aryl methyl sites for hydroxylation is 1. The Bertz CT molecular complexity index is 406. The Hall–Kier alpha value is -0.900. The Balaban J connectivity index is 2.07. The molecule has 4 heteroatoms. The Morgan fingerprint density at radius 2 is 2.12 bits per heavy atom. The lowest BCUT2D eigenvalue weighted by Crippen LogP contribution is -2.38. The molecule has 94 valence electrons. The fourth-order valence-corrected chi connectivity index (χ4v) is 3.16. The zero-order valence-corrected chi connectivity index (χ0v) is 11.6. The molecule has 0 radical (unpaired) electrons. The maximum absolute atomic E-state index is 10.8. The first-order valence-electron chi connectivity index (χ1n) is 6.25. The summed E-state index contributed by atoms with van der Waals surface area (Å²) in [6.45, 7) is 8.68. The smallest absolute Gasteiger partial charge is 0.186 e. The van der Waals surface area contributed by atoms with Crippen LogP contribution in [0.4, 0.5) is 5.13 Å².